The zero-order valence-electron chi connectivity index (χ0n) is 12.3. The molecule has 2 aliphatic rings. The lowest BCUT2D eigenvalue weighted by Gasteiger charge is -2.29. The number of nitrogens with zero attached hydrogens (tertiary/aromatic N) is 1. The monoisotopic (exact) mass is 286 g/mol. The quantitative estimate of drug-likeness (QED) is 0.862. The Balaban J connectivity index is 1.81. The predicted molar refractivity (Wildman–Crippen MR) is 83.8 cm³/mol. The smallest absolute Gasteiger partial charge is 0.265 e. The summed E-state index contributed by atoms with van der Waals surface area (Å²) in [5.74, 6) is 1.48. The molecule has 0 aliphatic carbocycles. The van der Waals surface area contributed by atoms with Crippen molar-refractivity contribution in [3.05, 3.63) is 36.4 Å². The highest BCUT2D eigenvalue weighted by atomic mass is 16.5. The molecule has 0 saturated carbocycles. The number of carbonyl (C=O) groups excluding carboxylic acids is 1. The second-order valence-electron chi connectivity index (χ2n) is 5.80. The van der Waals surface area contributed by atoms with E-state index in [2.05, 4.69) is 24.0 Å². The van der Waals surface area contributed by atoms with Crippen molar-refractivity contribution >= 4 is 11.6 Å². The molecule has 2 heterocycles. The standard InChI is InChI=1S/C17H22N2O2/c1-2-8-19-15-10-13(9-14-4-3-7-18-11-14)5-6-16(15)21-12-17(19)20/h2,5-6,10,14,18H,1,3-4,7-9,11-12H2. The molecule has 0 bridgehead atoms. The predicted octanol–water partition coefficient (Wildman–Crippen LogP) is 2.14. The molecule has 3 rings (SSSR count). The fraction of sp³-hybridized carbons (Fsp3) is 0.471. The second-order valence-corrected chi connectivity index (χ2v) is 5.80. The summed E-state index contributed by atoms with van der Waals surface area (Å²) in [6.45, 7) is 6.61. The average Bonchev–Trinajstić information content (AvgIpc) is 2.51. The minimum atomic E-state index is -0.00103. The van der Waals surface area contributed by atoms with Crippen LogP contribution in [-0.4, -0.2) is 32.1 Å². The van der Waals surface area contributed by atoms with Gasteiger partial charge in [-0.25, -0.2) is 0 Å². The Morgan fingerprint density at radius 1 is 1.48 bits per heavy atom. The van der Waals surface area contributed by atoms with Gasteiger partial charge in [-0.1, -0.05) is 12.1 Å². The fourth-order valence-electron chi connectivity index (χ4n) is 3.14. The summed E-state index contributed by atoms with van der Waals surface area (Å²) in [6.07, 6.45) is 5.33. The summed E-state index contributed by atoms with van der Waals surface area (Å²) < 4.78 is 5.52. The van der Waals surface area contributed by atoms with Crippen molar-refractivity contribution in [2.24, 2.45) is 5.92 Å². The van der Waals surface area contributed by atoms with Crippen molar-refractivity contribution < 1.29 is 9.53 Å². The van der Waals surface area contributed by atoms with Gasteiger partial charge in [-0.15, -0.1) is 6.58 Å². The number of nitrogens with one attached hydrogen (secondary N) is 1. The van der Waals surface area contributed by atoms with Crippen molar-refractivity contribution in [2.45, 2.75) is 19.3 Å². The molecular formula is C17H22N2O2. The summed E-state index contributed by atoms with van der Waals surface area (Å²) in [6, 6.07) is 6.21. The van der Waals surface area contributed by atoms with Gasteiger partial charge in [0.1, 0.15) is 5.75 Å². The number of benzene rings is 1. The Morgan fingerprint density at radius 3 is 3.14 bits per heavy atom. The molecule has 0 radical (unpaired) electrons. The molecule has 1 aromatic carbocycles. The third-order valence-electron chi connectivity index (χ3n) is 4.20. The Morgan fingerprint density at radius 2 is 2.38 bits per heavy atom. The van der Waals surface area contributed by atoms with E-state index in [0.717, 1.165) is 30.9 Å². The van der Waals surface area contributed by atoms with Crippen molar-refractivity contribution in [3.8, 4) is 5.75 Å². The van der Waals surface area contributed by atoms with E-state index in [-0.39, 0.29) is 12.5 Å². The first-order chi connectivity index (χ1) is 10.3. The Hall–Kier alpha value is -1.81. The molecule has 1 amide bonds. The van der Waals surface area contributed by atoms with Crippen LogP contribution in [0, 0.1) is 5.92 Å². The number of piperidine rings is 1. The number of carbonyl (C=O) groups is 1. The summed E-state index contributed by atoms with van der Waals surface area (Å²) in [5.41, 5.74) is 2.15. The van der Waals surface area contributed by atoms with Gasteiger partial charge < -0.3 is 15.0 Å². The highest BCUT2D eigenvalue weighted by Crippen LogP contribution is 2.33. The van der Waals surface area contributed by atoms with Gasteiger partial charge in [-0.3, -0.25) is 4.79 Å². The number of amides is 1. The van der Waals surface area contributed by atoms with E-state index in [4.69, 9.17) is 4.74 Å². The topological polar surface area (TPSA) is 41.6 Å². The lowest BCUT2D eigenvalue weighted by molar-refractivity contribution is -0.121. The van der Waals surface area contributed by atoms with Crippen LogP contribution in [0.5, 0.6) is 5.75 Å². The summed E-state index contributed by atoms with van der Waals surface area (Å²) in [5, 5.41) is 3.45. The van der Waals surface area contributed by atoms with Gasteiger partial charge in [0, 0.05) is 6.54 Å². The minimum Gasteiger partial charge on any atom is -0.482 e. The van der Waals surface area contributed by atoms with Crippen molar-refractivity contribution in [1.82, 2.24) is 5.32 Å². The normalized spacial score (nSPS) is 21.6. The molecule has 1 fully saturated rings. The van der Waals surface area contributed by atoms with Gasteiger partial charge in [0.15, 0.2) is 6.61 Å². The van der Waals surface area contributed by atoms with Crippen LogP contribution in [0.1, 0.15) is 18.4 Å². The van der Waals surface area contributed by atoms with Gasteiger partial charge >= 0.3 is 0 Å². The Kier molecular flexibility index (Phi) is 4.25. The molecule has 4 nitrogen and oxygen atoms in total. The SMILES string of the molecule is C=CCN1C(=O)COc2ccc(CC3CCCNC3)cc21. The third-order valence-corrected chi connectivity index (χ3v) is 4.20. The molecule has 1 atom stereocenters. The number of anilines is 1. The zero-order valence-corrected chi connectivity index (χ0v) is 12.3. The maximum atomic E-state index is 12.0. The van der Waals surface area contributed by atoms with Gasteiger partial charge in [0.05, 0.1) is 5.69 Å². The Bertz CT molecular complexity index is 536. The van der Waals surface area contributed by atoms with E-state index in [0.29, 0.717) is 12.5 Å². The zero-order chi connectivity index (χ0) is 14.7. The van der Waals surface area contributed by atoms with Gasteiger partial charge in [0.25, 0.3) is 5.91 Å². The van der Waals surface area contributed by atoms with Crippen molar-refractivity contribution in [2.75, 3.05) is 31.1 Å². The average molecular weight is 286 g/mol. The molecule has 0 aromatic heterocycles. The second kappa shape index (κ2) is 6.31. The highest BCUT2D eigenvalue weighted by molar-refractivity contribution is 5.98. The largest absolute Gasteiger partial charge is 0.482 e. The highest BCUT2D eigenvalue weighted by Gasteiger charge is 2.25. The molecular weight excluding hydrogens is 264 g/mol. The molecule has 1 aromatic rings. The van der Waals surface area contributed by atoms with Gasteiger partial charge in [-0.2, -0.15) is 0 Å². The summed E-state index contributed by atoms with van der Waals surface area (Å²) in [4.78, 5) is 13.7. The number of hydrogen-bond donors (Lipinski definition) is 1. The summed E-state index contributed by atoms with van der Waals surface area (Å²) in [7, 11) is 0. The number of fused-ring (bicyclic) bond motifs is 1. The van der Waals surface area contributed by atoms with Crippen LogP contribution in [0.3, 0.4) is 0 Å². The van der Waals surface area contributed by atoms with Crippen LogP contribution in [-0.2, 0) is 11.2 Å². The van der Waals surface area contributed by atoms with Crippen LogP contribution in [0.4, 0.5) is 5.69 Å². The van der Waals surface area contributed by atoms with Crippen LogP contribution in [0.25, 0.3) is 0 Å². The molecule has 1 unspecified atom stereocenters. The number of hydrogen-bond acceptors (Lipinski definition) is 3. The van der Waals surface area contributed by atoms with E-state index in [1.54, 1.807) is 11.0 Å². The van der Waals surface area contributed by atoms with Crippen LogP contribution in [0.15, 0.2) is 30.9 Å². The first-order valence-corrected chi connectivity index (χ1v) is 7.65. The van der Waals surface area contributed by atoms with Crippen molar-refractivity contribution in [1.29, 1.82) is 0 Å². The maximum absolute atomic E-state index is 12.0. The van der Waals surface area contributed by atoms with Crippen LogP contribution in [0.2, 0.25) is 0 Å². The van der Waals surface area contributed by atoms with E-state index >= 15 is 0 Å². The molecule has 0 spiro atoms. The minimum absolute atomic E-state index is 0.00103. The molecule has 4 heteroatoms. The molecule has 1 N–H and O–H groups in total. The van der Waals surface area contributed by atoms with Gasteiger partial charge in [0.2, 0.25) is 0 Å². The van der Waals surface area contributed by atoms with Crippen molar-refractivity contribution in [3.63, 3.8) is 0 Å². The Labute approximate surface area is 125 Å². The van der Waals surface area contributed by atoms with E-state index < -0.39 is 0 Å². The number of rotatable bonds is 4. The first-order valence-electron chi connectivity index (χ1n) is 7.65. The molecule has 112 valence electrons. The molecule has 2 aliphatic heterocycles. The molecule has 21 heavy (non-hydrogen) atoms. The number of ether oxygens (including phenoxy) is 1. The lowest BCUT2D eigenvalue weighted by atomic mass is 9.92. The molecule has 1 saturated heterocycles. The van der Waals surface area contributed by atoms with E-state index in [1.807, 2.05) is 6.07 Å². The van der Waals surface area contributed by atoms with E-state index in [1.165, 1.54) is 18.4 Å². The maximum Gasteiger partial charge on any atom is 0.265 e. The summed E-state index contributed by atoms with van der Waals surface area (Å²) >= 11 is 0. The first kappa shape index (κ1) is 14.1. The van der Waals surface area contributed by atoms with Crippen LogP contribution >= 0.6 is 0 Å². The van der Waals surface area contributed by atoms with Gasteiger partial charge in [-0.05, 0) is 56.0 Å². The van der Waals surface area contributed by atoms with Crippen LogP contribution < -0.4 is 15.0 Å². The lowest BCUT2D eigenvalue weighted by Crippen LogP contribution is -2.39. The fourth-order valence-corrected chi connectivity index (χ4v) is 3.14. The van der Waals surface area contributed by atoms with E-state index in [9.17, 15) is 4.79 Å². The third kappa shape index (κ3) is 3.10.